The first-order valence-electron chi connectivity index (χ1n) is 8.37. The van der Waals surface area contributed by atoms with Crippen molar-refractivity contribution in [3.8, 4) is 11.4 Å². The summed E-state index contributed by atoms with van der Waals surface area (Å²) >= 11 is 7.30. The van der Waals surface area contributed by atoms with Crippen LogP contribution in [0.1, 0.15) is 5.82 Å². The molecule has 0 spiro atoms. The Hall–Kier alpha value is -2.55. The van der Waals surface area contributed by atoms with Crippen LogP contribution in [0.5, 0.6) is 5.75 Å². The van der Waals surface area contributed by atoms with E-state index in [1.165, 1.54) is 18.9 Å². The Morgan fingerprint density at radius 1 is 1.18 bits per heavy atom. The number of rotatable bonds is 8. The fraction of sp³-hybridized carbons (Fsp3) is 0.211. The topological polar surface area (TPSA) is 78.3 Å². The second kappa shape index (κ2) is 9.59. The summed E-state index contributed by atoms with van der Waals surface area (Å²) in [6, 6.07) is 14.8. The van der Waals surface area contributed by atoms with E-state index in [2.05, 4.69) is 15.5 Å². The van der Waals surface area contributed by atoms with Crippen molar-refractivity contribution in [1.82, 2.24) is 14.8 Å². The number of carbonyl (C=O) groups excluding carboxylic acids is 1. The summed E-state index contributed by atoms with van der Waals surface area (Å²) in [5.41, 5.74) is 1.52. The van der Waals surface area contributed by atoms with Gasteiger partial charge in [-0.25, -0.2) is 0 Å². The highest BCUT2D eigenvalue weighted by Crippen LogP contribution is 2.28. The second-order valence-corrected chi connectivity index (χ2v) is 7.04. The number of aromatic nitrogens is 3. The number of methoxy groups -OCH3 is 2. The zero-order valence-corrected chi connectivity index (χ0v) is 17.0. The van der Waals surface area contributed by atoms with Gasteiger partial charge < -0.3 is 14.8 Å². The van der Waals surface area contributed by atoms with E-state index in [0.29, 0.717) is 34.0 Å². The Balaban J connectivity index is 1.71. The Bertz CT molecular complexity index is 950. The molecule has 1 aromatic heterocycles. The van der Waals surface area contributed by atoms with Gasteiger partial charge in [0, 0.05) is 24.6 Å². The monoisotopic (exact) mass is 418 g/mol. The van der Waals surface area contributed by atoms with Gasteiger partial charge in [0.2, 0.25) is 5.91 Å². The SMILES string of the molecule is COCc1nnc(SCC(=O)Nc2ccc(Cl)c(OC)c2)n1-c1ccccc1. The predicted molar refractivity (Wildman–Crippen MR) is 109 cm³/mol. The fourth-order valence-electron chi connectivity index (χ4n) is 2.52. The molecular weight excluding hydrogens is 400 g/mol. The summed E-state index contributed by atoms with van der Waals surface area (Å²) in [4.78, 5) is 12.4. The van der Waals surface area contributed by atoms with Gasteiger partial charge in [-0.05, 0) is 24.3 Å². The zero-order chi connectivity index (χ0) is 19.9. The highest BCUT2D eigenvalue weighted by molar-refractivity contribution is 7.99. The van der Waals surface area contributed by atoms with Crippen LogP contribution in [0.4, 0.5) is 5.69 Å². The number of benzene rings is 2. The smallest absolute Gasteiger partial charge is 0.234 e. The van der Waals surface area contributed by atoms with Gasteiger partial charge in [0.1, 0.15) is 12.4 Å². The molecule has 0 aliphatic rings. The predicted octanol–water partition coefficient (Wildman–Crippen LogP) is 3.81. The number of carbonyl (C=O) groups is 1. The lowest BCUT2D eigenvalue weighted by Gasteiger charge is -2.10. The van der Waals surface area contributed by atoms with Gasteiger partial charge in [0.25, 0.3) is 0 Å². The molecule has 9 heteroatoms. The fourth-order valence-corrected chi connectivity index (χ4v) is 3.48. The quantitative estimate of drug-likeness (QED) is 0.560. The molecule has 1 heterocycles. The lowest BCUT2D eigenvalue weighted by atomic mass is 10.3. The van der Waals surface area contributed by atoms with E-state index in [4.69, 9.17) is 21.1 Å². The lowest BCUT2D eigenvalue weighted by Crippen LogP contribution is -2.14. The third-order valence-electron chi connectivity index (χ3n) is 3.76. The van der Waals surface area contributed by atoms with Crippen molar-refractivity contribution >= 4 is 35.0 Å². The van der Waals surface area contributed by atoms with Gasteiger partial charge in [0.15, 0.2) is 11.0 Å². The maximum Gasteiger partial charge on any atom is 0.234 e. The molecule has 0 saturated heterocycles. The van der Waals surface area contributed by atoms with E-state index in [0.717, 1.165) is 5.69 Å². The van der Waals surface area contributed by atoms with Gasteiger partial charge in [-0.1, -0.05) is 41.6 Å². The molecule has 0 unspecified atom stereocenters. The Morgan fingerprint density at radius 2 is 1.96 bits per heavy atom. The molecule has 7 nitrogen and oxygen atoms in total. The molecule has 3 rings (SSSR count). The number of thioether (sulfide) groups is 1. The molecule has 0 aliphatic heterocycles. The van der Waals surface area contributed by atoms with Crippen LogP contribution >= 0.6 is 23.4 Å². The number of halogens is 1. The highest BCUT2D eigenvalue weighted by atomic mass is 35.5. The molecule has 0 fully saturated rings. The Labute approximate surface area is 172 Å². The molecule has 1 N–H and O–H groups in total. The van der Waals surface area contributed by atoms with Crippen LogP contribution in [0.15, 0.2) is 53.7 Å². The van der Waals surface area contributed by atoms with Crippen molar-refractivity contribution in [1.29, 1.82) is 0 Å². The minimum atomic E-state index is -0.176. The number of nitrogens with one attached hydrogen (secondary N) is 1. The maximum absolute atomic E-state index is 12.4. The maximum atomic E-state index is 12.4. The van der Waals surface area contributed by atoms with Crippen LogP contribution in [0.3, 0.4) is 0 Å². The van der Waals surface area contributed by atoms with Crippen molar-refractivity contribution in [3.05, 3.63) is 59.4 Å². The Kier molecular flexibility index (Phi) is 6.91. The van der Waals surface area contributed by atoms with Crippen LogP contribution in [0, 0.1) is 0 Å². The standard InChI is InChI=1S/C19H19ClN4O3S/c1-26-11-17-22-23-19(24(17)14-6-4-3-5-7-14)28-12-18(25)21-13-8-9-15(20)16(10-13)27-2/h3-10H,11-12H2,1-2H3,(H,21,25). The number of hydrogen-bond acceptors (Lipinski definition) is 6. The number of anilines is 1. The number of nitrogens with zero attached hydrogens (tertiary/aromatic N) is 3. The highest BCUT2D eigenvalue weighted by Gasteiger charge is 2.16. The molecular formula is C19H19ClN4O3S. The summed E-state index contributed by atoms with van der Waals surface area (Å²) < 4.78 is 12.3. The summed E-state index contributed by atoms with van der Waals surface area (Å²) in [5, 5.41) is 12.3. The molecule has 0 atom stereocenters. The summed E-state index contributed by atoms with van der Waals surface area (Å²) in [6.07, 6.45) is 0. The van der Waals surface area contributed by atoms with Crippen LogP contribution in [-0.4, -0.2) is 40.6 Å². The van der Waals surface area contributed by atoms with Gasteiger partial charge >= 0.3 is 0 Å². The summed E-state index contributed by atoms with van der Waals surface area (Å²) in [7, 11) is 3.13. The summed E-state index contributed by atoms with van der Waals surface area (Å²) in [5.74, 6) is 1.16. The second-order valence-electron chi connectivity index (χ2n) is 5.69. The molecule has 0 aliphatic carbocycles. The first-order valence-corrected chi connectivity index (χ1v) is 9.73. The average molecular weight is 419 g/mol. The van der Waals surface area contributed by atoms with E-state index in [1.807, 2.05) is 34.9 Å². The van der Waals surface area contributed by atoms with Gasteiger partial charge in [0.05, 0.1) is 17.9 Å². The number of hydrogen-bond donors (Lipinski definition) is 1. The average Bonchev–Trinajstić information content (AvgIpc) is 3.11. The third-order valence-corrected chi connectivity index (χ3v) is 5.00. The van der Waals surface area contributed by atoms with Crippen LogP contribution in [0.25, 0.3) is 5.69 Å². The van der Waals surface area contributed by atoms with Crippen LogP contribution in [-0.2, 0) is 16.1 Å². The van der Waals surface area contributed by atoms with E-state index in [9.17, 15) is 4.79 Å². The van der Waals surface area contributed by atoms with Crippen LogP contribution < -0.4 is 10.1 Å². The zero-order valence-electron chi connectivity index (χ0n) is 15.4. The van der Waals surface area contributed by atoms with Crippen molar-refractivity contribution in [2.45, 2.75) is 11.8 Å². The van der Waals surface area contributed by atoms with Crippen molar-refractivity contribution in [2.75, 3.05) is 25.3 Å². The van der Waals surface area contributed by atoms with Gasteiger partial charge in [-0.3, -0.25) is 9.36 Å². The minimum Gasteiger partial charge on any atom is -0.495 e. The minimum absolute atomic E-state index is 0.170. The van der Waals surface area contributed by atoms with Crippen LogP contribution in [0.2, 0.25) is 5.02 Å². The largest absolute Gasteiger partial charge is 0.495 e. The lowest BCUT2D eigenvalue weighted by molar-refractivity contribution is -0.113. The molecule has 2 aromatic carbocycles. The summed E-state index contributed by atoms with van der Waals surface area (Å²) in [6.45, 7) is 0.319. The van der Waals surface area contributed by atoms with Crippen molar-refractivity contribution in [2.24, 2.45) is 0 Å². The van der Waals surface area contributed by atoms with Gasteiger partial charge in [-0.15, -0.1) is 10.2 Å². The normalized spacial score (nSPS) is 10.7. The van der Waals surface area contributed by atoms with E-state index in [-0.39, 0.29) is 11.7 Å². The first kappa shape index (κ1) is 20.2. The first-order chi connectivity index (χ1) is 13.6. The number of ether oxygens (including phenoxy) is 2. The van der Waals surface area contributed by atoms with Crippen molar-refractivity contribution < 1.29 is 14.3 Å². The van der Waals surface area contributed by atoms with E-state index >= 15 is 0 Å². The van der Waals surface area contributed by atoms with Crippen molar-refractivity contribution in [3.63, 3.8) is 0 Å². The molecule has 0 bridgehead atoms. The molecule has 0 saturated carbocycles. The molecule has 3 aromatic rings. The number of amides is 1. The van der Waals surface area contributed by atoms with E-state index < -0.39 is 0 Å². The Morgan fingerprint density at radius 3 is 2.68 bits per heavy atom. The van der Waals surface area contributed by atoms with E-state index in [1.54, 1.807) is 25.3 Å². The van der Waals surface area contributed by atoms with Gasteiger partial charge in [-0.2, -0.15) is 0 Å². The molecule has 0 radical (unpaired) electrons. The third kappa shape index (κ3) is 4.83. The number of para-hydroxylation sites is 1. The molecule has 146 valence electrons. The molecule has 28 heavy (non-hydrogen) atoms. The molecule has 1 amide bonds.